The van der Waals surface area contributed by atoms with E-state index in [1.807, 2.05) is 12.1 Å². The van der Waals surface area contributed by atoms with Gasteiger partial charge in [0.05, 0.1) is 20.0 Å². The molecule has 0 aliphatic heterocycles. The lowest BCUT2D eigenvalue weighted by molar-refractivity contribution is -0.118. The van der Waals surface area contributed by atoms with Crippen LogP contribution in [0.5, 0.6) is 11.5 Å². The second-order valence-electron chi connectivity index (χ2n) is 4.74. The molecular weight excluding hydrogens is 317 g/mol. The number of methoxy groups -OCH3 is 2. The van der Waals surface area contributed by atoms with Gasteiger partial charge in [-0.05, 0) is 42.0 Å². The zero-order valence-corrected chi connectivity index (χ0v) is 13.8. The molecule has 2 rings (SSSR count). The van der Waals surface area contributed by atoms with E-state index in [9.17, 15) is 9.18 Å². The second kappa shape index (κ2) is 8.43. The fraction of sp³-hybridized carbons (Fsp3) is 0.235. The summed E-state index contributed by atoms with van der Waals surface area (Å²) in [5.74, 6) is 1.24. The third kappa shape index (κ3) is 5.49. The number of thioether (sulfide) groups is 1. The minimum absolute atomic E-state index is 0.0962. The minimum atomic E-state index is -0.286. The summed E-state index contributed by atoms with van der Waals surface area (Å²) < 4.78 is 23.2. The highest BCUT2D eigenvalue weighted by atomic mass is 32.2. The van der Waals surface area contributed by atoms with Crippen LogP contribution in [0.3, 0.4) is 0 Å². The van der Waals surface area contributed by atoms with E-state index in [1.165, 1.54) is 23.9 Å². The zero-order chi connectivity index (χ0) is 16.7. The van der Waals surface area contributed by atoms with Gasteiger partial charge >= 0.3 is 0 Å². The van der Waals surface area contributed by atoms with Crippen LogP contribution in [0.1, 0.15) is 5.56 Å². The highest BCUT2D eigenvalue weighted by Crippen LogP contribution is 2.22. The van der Waals surface area contributed by atoms with Crippen LogP contribution in [0.25, 0.3) is 0 Å². The Labute approximate surface area is 139 Å². The van der Waals surface area contributed by atoms with Gasteiger partial charge in [0.2, 0.25) is 5.91 Å². The number of hydrogen-bond donors (Lipinski definition) is 1. The van der Waals surface area contributed by atoms with Crippen molar-refractivity contribution in [3.05, 3.63) is 53.8 Å². The average Bonchev–Trinajstić information content (AvgIpc) is 2.59. The summed E-state index contributed by atoms with van der Waals surface area (Å²) in [5, 5.41) is 2.84. The van der Waals surface area contributed by atoms with Crippen LogP contribution >= 0.6 is 11.8 Å². The summed E-state index contributed by atoms with van der Waals surface area (Å²) >= 11 is 1.36. The van der Waals surface area contributed by atoms with Gasteiger partial charge in [0.15, 0.2) is 0 Å². The lowest BCUT2D eigenvalue weighted by atomic mass is 10.2. The van der Waals surface area contributed by atoms with E-state index >= 15 is 0 Å². The first kappa shape index (κ1) is 17.1. The first-order chi connectivity index (χ1) is 11.1. The number of carbonyl (C=O) groups is 1. The van der Waals surface area contributed by atoms with Crippen LogP contribution < -0.4 is 14.8 Å². The lowest BCUT2D eigenvalue weighted by Gasteiger charge is -2.09. The van der Waals surface area contributed by atoms with E-state index in [1.54, 1.807) is 32.4 Å². The Morgan fingerprint density at radius 1 is 1.09 bits per heavy atom. The van der Waals surface area contributed by atoms with Crippen molar-refractivity contribution >= 4 is 17.7 Å². The molecule has 23 heavy (non-hydrogen) atoms. The number of benzene rings is 2. The summed E-state index contributed by atoms with van der Waals surface area (Å²) in [5.41, 5.74) is 0.890. The van der Waals surface area contributed by atoms with Gasteiger partial charge in [-0.3, -0.25) is 4.79 Å². The molecule has 1 amide bonds. The molecular formula is C17H18FNO3S. The molecule has 6 heteroatoms. The van der Waals surface area contributed by atoms with Crippen LogP contribution in [0, 0.1) is 5.82 Å². The maximum absolute atomic E-state index is 12.8. The standard InChI is InChI=1S/C17H18FNO3S/c1-21-14-7-12(8-15(9-14)22-2)10-19-17(20)11-23-16-5-3-13(18)4-6-16/h3-9H,10-11H2,1-2H3,(H,19,20). The zero-order valence-electron chi connectivity index (χ0n) is 13.0. The largest absolute Gasteiger partial charge is 0.497 e. The van der Waals surface area contributed by atoms with E-state index in [0.717, 1.165) is 10.5 Å². The van der Waals surface area contributed by atoms with Crippen LogP contribution in [0.2, 0.25) is 0 Å². The fourth-order valence-corrected chi connectivity index (χ4v) is 2.63. The molecule has 2 aromatic rings. The summed E-state index contributed by atoms with van der Waals surface area (Å²) in [6, 6.07) is 11.5. The summed E-state index contributed by atoms with van der Waals surface area (Å²) in [6.07, 6.45) is 0. The number of amides is 1. The van der Waals surface area contributed by atoms with Crippen molar-refractivity contribution in [3.63, 3.8) is 0 Å². The molecule has 0 aliphatic carbocycles. The highest BCUT2D eigenvalue weighted by molar-refractivity contribution is 8.00. The lowest BCUT2D eigenvalue weighted by Crippen LogP contribution is -2.24. The Hall–Kier alpha value is -2.21. The van der Waals surface area contributed by atoms with Crippen molar-refractivity contribution < 1.29 is 18.7 Å². The molecule has 122 valence electrons. The number of rotatable bonds is 7. The van der Waals surface area contributed by atoms with Gasteiger partial charge in [0.25, 0.3) is 0 Å². The van der Waals surface area contributed by atoms with Crippen molar-refractivity contribution in [3.8, 4) is 11.5 Å². The predicted octanol–water partition coefficient (Wildman–Crippen LogP) is 3.25. The number of carbonyl (C=O) groups excluding carboxylic acids is 1. The van der Waals surface area contributed by atoms with Gasteiger partial charge in [0, 0.05) is 17.5 Å². The Morgan fingerprint density at radius 3 is 2.26 bits per heavy atom. The molecule has 0 saturated carbocycles. The molecule has 0 unspecified atom stereocenters. The highest BCUT2D eigenvalue weighted by Gasteiger charge is 2.06. The molecule has 0 heterocycles. The van der Waals surface area contributed by atoms with Gasteiger partial charge in [-0.2, -0.15) is 0 Å². The van der Waals surface area contributed by atoms with Crippen molar-refractivity contribution in [1.29, 1.82) is 0 Å². The van der Waals surface area contributed by atoms with E-state index in [2.05, 4.69) is 5.32 Å². The molecule has 0 aliphatic rings. The van der Waals surface area contributed by atoms with Gasteiger partial charge < -0.3 is 14.8 Å². The monoisotopic (exact) mass is 335 g/mol. The number of ether oxygens (including phenoxy) is 2. The quantitative estimate of drug-likeness (QED) is 0.789. The Kier molecular flexibility index (Phi) is 6.29. The molecule has 0 bridgehead atoms. The van der Waals surface area contributed by atoms with Crippen LogP contribution in [-0.4, -0.2) is 25.9 Å². The van der Waals surface area contributed by atoms with Gasteiger partial charge in [0.1, 0.15) is 17.3 Å². The summed E-state index contributed by atoms with van der Waals surface area (Å²) in [7, 11) is 3.16. The third-order valence-corrected chi connectivity index (χ3v) is 4.10. The second-order valence-corrected chi connectivity index (χ2v) is 5.79. The molecule has 0 saturated heterocycles. The molecule has 0 radical (unpaired) electrons. The smallest absolute Gasteiger partial charge is 0.230 e. The van der Waals surface area contributed by atoms with Gasteiger partial charge in [-0.25, -0.2) is 4.39 Å². The van der Waals surface area contributed by atoms with Crippen molar-refractivity contribution in [2.75, 3.05) is 20.0 Å². The normalized spacial score (nSPS) is 10.2. The minimum Gasteiger partial charge on any atom is -0.497 e. The Morgan fingerprint density at radius 2 is 1.70 bits per heavy atom. The van der Waals surface area contributed by atoms with Crippen LogP contribution in [-0.2, 0) is 11.3 Å². The van der Waals surface area contributed by atoms with E-state index in [4.69, 9.17) is 9.47 Å². The third-order valence-electron chi connectivity index (χ3n) is 3.08. The van der Waals surface area contributed by atoms with Gasteiger partial charge in [-0.15, -0.1) is 11.8 Å². The van der Waals surface area contributed by atoms with Crippen molar-refractivity contribution in [2.45, 2.75) is 11.4 Å². The van der Waals surface area contributed by atoms with Crippen LogP contribution in [0.4, 0.5) is 4.39 Å². The maximum atomic E-state index is 12.8. The molecule has 0 spiro atoms. The van der Waals surface area contributed by atoms with Crippen molar-refractivity contribution in [1.82, 2.24) is 5.32 Å². The molecule has 4 nitrogen and oxygen atoms in total. The molecule has 0 atom stereocenters. The Bertz CT molecular complexity index is 639. The fourth-order valence-electron chi connectivity index (χ4n) is 1.90. The maximum Gasteiger partial charge on any atom is 0.230 e. The predicted molar refractivity (Wildman–Crippen MR) is 88.5 cm³/mol. The Balaban J connectivity index is 1.85. The molecule has 2 aromatic carbocycles. The number of nitrogens with one attached hydrogen (secondary N) is 1. The summed E-state index contributed by atoms with van der Waals surface area (Å²) in [4.78, 5) is 12.7. The molecule has 1 N–H and O–H groups in total. The molecule has 0 fully saturated rings. The van der Waals surface area contributed by atoms with Crippen molar-refractivity contribution in [2.24, 2.45) is 0 Å². The average molecular weight is 335 g/mol. The molecule has 0 aromatic heterocycles. The van der Waals surface area contributed by atoms with E-state index in [-0.39, 0.29) is 17.5 Å². The van der Waals surface area contributed by atoms with E-state index < -0.39 is 0 Å². The SMILES string of the molecule is COc1cc(CNC(=O)CSc2ccc(F)cc2)cc(OC)c1. The number of hydrogen-bond acceptors (Lipinski definition) is 4. The summed E-state index contributed by atoms with van der Waals surface area (Å²) in [6.45, 7) is 0.385. The van der Waals surface area contributed by atoms with Crippen LogP contribution in [0.15, 0.2) is 47.4 Å². The van der Waals surface area contributed by atoms with Gasteiger partial charge in [-0.1, -0.05) is 0 Å². The first-order valence-electron chi connectivity index (χ1n) is 6.97. The number of halogens is 1. The first-order valence-corrected chi connectivity index (χ1v) is 7.96. The van der Waals surface area contributed by atoms with E-state index in [0.29, 0.717) is 18.0 Å². The topological polar surface area (TPSA) is 47.6 Å².